The topological polar surface area (TPSA) is 76.7 Å². The standard InChI is InChI=1S/C16H20N2O4/c19-15(13-3-1-9-21-13)17-11-5-7-12(8-6-11)18-16(20)14-4-2-10-22-14/h5-8,13-14H,1-4,9-10H2,(H,17,19)(H,18,20)/t13-,14+. The van der Waals surface area contributed by atoms with E-state index in [0.717, 1.165) is 25.7 Å². The molecule has 3 rings (SSSR count). The molecule has 2 atom stereocenters. The molecule has 0 spiro atoms. The van der Waals surface area contributed by atoms with Gasteiger partial charge in [-0.2, -0.15) is 0 Å². The van der Waals surface area contributed by atoms with Gasteiger partial charge in [-0.05, 0) is 49.9 Å². The molecule has 22 heavy (non-hydrogen) atoms. The normalized spacial score (nSPS) is 24.2. The molecule has 2 aliphatic heterocycles. The number of anilines is 2. The lowest BCUT2D eigenvalue weighted by atomic mass is 10.2. The molecule has 0 aromatic heterocycles. The molecule has 0 bridgehead atoms. The molecule has 2 aliphatic rings. The molecule has 0 saturated carbocycles. The van der Waals surface area contributed by atoms with Gasteiger partial charge in [0.15, 0.2) is 0 Å². The zero-order valence-electron chi connectivity index (χ0n) is 12.3. The Kier molecular flexibility index (Phi) is 4.70. The first kappa shape index (κ1) is 15.0. The van der Waals surface area contributed by atoms with Crippen molar-refractivity contribution in [1.29, 1.82) is 0 Å². The Hall–Kier alpha value is -1.92. The summed E-state index contributed by atoms with van der Waals surface area (Å²) in [5, 5.41) is 5.64. The monoisotopic (exact) mass is 304 g/mol. The first-order chi connectivity index (χ1) is 10.7. The Labute approximate surface area is 129 Å². The fourth-order valence-electron chi connectivity index (χ4n) is 2.65. The molecule has 2 amide bonds. The van der Waals surface area contributed by atoms with Crippen LogP contribution in [0.15, 0.2) is 24.3 Å². The van der Waals surface area contributed by atoms with Gasteiger partial charge in [0.25, 0.3) is 11.8 Å². The van der Waals surface area contributed by atoms with E-state index in [1.165, 1.54) is 0 Å². The number of rotatable bonds is 4. The van der Waals surface area contributed by atoms with Crippen molar-refractivity contribution < 1.29 is 19.1 Å². The van der Waals surface area contributed by atoms with E-state index in [1.54, 1.807) is 24.3 Å². The summed E-state index contributed by atoms with van der Waals surface area (Å²) in [7, 11) is 0. The van der Waals surface area contributed by atoms with Gasteiger partial charge in [-0.25, -0.2) is 0 Å². The van der Waals surface area contributed by atoms with Crippen LogP contribution in [0.25, 0.3) is 0 Å². The van der Waals surface area contributed by atoms with Crippen molar-refractivity contribution in [1.82, 2.24) is 0 Å². The average molecular weight is 304 g/mol. The molecular formula is C16H20N2O4. The highest BCUT2D eigenvalue weighted by Gasteiger charge is 2.24. The van der Waals surface area contributed by atoms with Crippen LogP contribution in [0.3, 0.4) is 0 Å². The van der Waals surface area contributed by atoms with Crippen LogP contribution in [-0.4, -0.2) is 37.2 Å². The molecule has 1 aromatic rings. The first-order valence-corrected chi connectivity index (χ1v) is 7.67. The Morgan fingerprint density at radius 3 is 1.55 bits per heavy atom. The third kappa shape index (κ3) is 3.64. The fourth-order valence-corrected chi connectivity index (χ4v) is 2.65. The number of amides is 2. The second kappa shape index (κ2) is 6.89. The Morgan fingerprint density at radius 2 is 1.23 bits per heavy atom. The average Bonchev–Trinajstić information content (AvgIpc) is 3.23. The number of hydrogen-bond acceptors (Lipinski definition) is 4. The number of carbonyl (C=O) groups is 2. The maximum atomic E-state index is 11.9. The molecule has 0 unspecified atom stereocenters. The number of ether oxygens (including phenoxy) is 2. The van der Waals surface area contributed by atoms with Crippen molar-refractivity contribution in [2.24, 2.45) is 0 Å². The predicted octanol–water partition coefficient (Wildman–Crippen LogP) is 1.92. The fraction of sp³-hybridized carbons (Fsp3) is 0.500. The molecule has 2 fully saturated rings. The molecule has 0 radical (unpaired) electrons. The largest absolute Gasteiger partial charge is 0.368 e. The van der Waals surface area contributed by atoms with E-state index in [-0.39, 0.29) is 24.0 Å². The lowest BCUT2D eigenvalue weighted by Crippen LogP contribution is -2.27. The summed E-state index contributed by atoms with van der Waals surface area (Å²) in [6.45, 7) is 1.29. The van der Waals surface area contributed by atoms with Gasteiger partial charge in [-0.1, -0.05) is 0 Å². The molecule has 118 valence electrons. The maximum Gasteiger partial charge on any atom is 0.253 e. The smallest absolute Gasteiger partial charge is 0.253 e. The Balaban J connectivity index is 1.53. The minimum atomic E-state index is -0.348. The zero-order chi connectivity index (χ0) is 15.4. The lowest BCUT2D eigenvalue weighted by molar-refractivity contribution is -0.125. The van der Waals surface area contributed by atoms with Crippen molar-refractivity contribution in [3.05, 3.63) is 24.3 Å². The van der Waals surface area contributed by atoms with Crippen LogP contribution in [0.5, 0.6) is 0 Å². The molecule has 1 aromatic carbocycles. The van der Waals surface area contributed by atoms with Crippen molar-refractivity contribution in [2.45, 2.75) is 37.9 Å². The van der Waals surface area contributed by atoms with Gasteiger partial charge < -0.3 is 20.1 Å². The summed E-state index contributed by atoms with van der Waals surface area (Å²) >= 11 is 0. The summed E-state index contributed by atoms with van der Waals surface area (Å²) in [5.74, 6) is -0.234. The zero-order valence-corrected chi connectivity index (χ0v) is 12.3. The second-order valence-electron chi connectivity index (χ2n) is 5.56. The highest BCUT2D eigenvalue weighted by molar-refractivity contribution is 5.96. The molecule has 6 nitrogen and oxygen atoms in total. The third-order valence-electron chi connectivity index (χ3n) is 3.86. The molecule has 2 saturated heterocycles. The minimum absolute atomic E-state index is 0.117. The van der Waals surface area contributed by atoms with Crippen LogP contribution < -0.4 is 10.6 Å². The predicted molar refractivity (Wildman–Crippen MR) is 81.6 cm³/mol. The molecule has 2 heterocycles. The van der Waals surface area contributed by atoms with Crippen LogP contribution in [0, 0.1) is 0 Å². The van der Waals surface area contributed by atoms with E-state index in [1.807, 2.05) is 0 Å². The van der Waals surface area contributed by atoms with E-state index in [4.69, 9.17) is 9.47 Å². The van der Waals surface area contributed by atoms with E-state index in [2.05, 4.69) is 10.6 Å². The Morgan fingerprint density at radius 1 is 0.818 bits per heavy atom. The molecule has 0 aliphatic carbocycles. The van der Waals surface area contributed by atoms with Gasteiger partial charge in [0.1, 0.15) is 12.2 Å². The van der Waals surface area contributed by atoms with Gasteiger partial charge in [-0.15, -0.1) is 0 Å². The van der Waals surface area contributed by atoms with E-state index in [0.29, 0.717) is 24.6 Å². The molecular weight excluding hydrogens is 284 g/mol. The number of carbonyl (C=O) groups excluding carboxylic acids is 2. The highest BCUT2D eigenvalue weighted by atomic mass is 16.5. The first-order valence-electron chi connectivity index (χ1n) is 7.67. The van der Waals surface area contributed by atoms with Crippen LogP contribution in [0.1, 0.15) is 25.7 Å². The quantitative estimate of drug-likeness (QED) is 0.891. The van der Waals surface area contributed by atoms with Gasteiger partial charge in [0, 0.05) is 24.6 Å². The number of hydrogen-bond donors (Lipinski definition) is 2. The SMILES string of the molecule is O=C(Nc1ccc(NC(=O)[C@H]2CCCO2)cc1)[C@@H]1CCCO1. The highest BCUT2D eigenvalue weighted by Crippen LogP contribution is 2.19. The second-order valence-corrected chi connectivity index (χ2v) is 5.56. The van der Waals surface area contributed by atoms with E-state index >= 15 is 0 Å². The summed E-state index contributed by atoms with van der Waals surface area (Å²) in [5.41, 5.74) is 1.38. The van der Waals surface area contributed by atoms with Crippen molar-refractivity contribution in [3.8, 4) is 0 Å². The van der Waals surface area contributed by atoms with E-state index in [9.17, 15) is 9.59 Å². The molecule has 2 N–H and O–H groups in total. The third-order valence-corrected chi connectivity index (χ3v) is 3.86. The lowest BCUT2D eigenvalue weighted by Gasteiger charge is -2.12. The minimum Gasteiger partial charge on any atom is -0.368 e. The van der Waals surface area contributed by atoms with Crippen molar-refractivity contribution in [3.63, 3.8) is 0 Å². The van der Waals surface area contributed by atoms with Gasteiger partial charge in [0.2, 0.25) is 0 Å². The number of nitrogens with one attached hydrogen (secondary N) is 2. The van der Waals surface area contributed by atoms with Crippen molar-refractivity contribution in [2.75, 3.05) is 23.8 Å². The maximum absolute atomic E-state index is 11.9. The van der Waals surface area contributed by atoms with E-state index < -0.39 is 0 Å². The summed E-state index contributed by atoms with van der Waals surface area (Å²) in [6, 6.07) is 7.05. The van der Waals surface area contributed by atoms with Gasteiger partial charge in [-0.3, -0.25) is 9.59 Å². The summed E-state index contributed by atoms with van der Waals surface area (Å²) in [4.78, 5) is 23.9. The van der Waals surface area contributed by atoms with Crippen LogP contribution in [-0.2, 0) is 19.1 Å². The Bertz CT molecular complexity index is 483. The molecule has 6 heteroatoms. The van der Waals surface area contributed by atoms with Gasteiger partial charge >= 0.3 is 0 Å². The van der Waals surface area contributed by atoms with Crippen molar-refractivity contribution >= 4 is 23.2 Å². The summed E-state index contributed by atoms with van der Waals surface area (Å²) in [6.07, 6.45) is 2.68. The van der Waals surface area contributed by atoms with Crippen LogP contribution in [0.2, 0.25) is 0 Å². The summed E-state index contributed by atoms with van der Waals surface area (Å²) < 4.78 is 10.7. The van der Waals surface area contributed by atoms with Crippen LogP contribution in [0.4, 0.5) is 11.4 Å². The number of benzene rings is 1. The van der Waals surface area contributed by atoms with Gasteiger partial charge in [0.05, 0.1) is 0 Å². The van der Waals surface area contributed by atoms with Crippen LogP contribution >= 0.6 is 0 Å².